The van der Waals surface area contributed by atoms with Crippen molar-refractivity contribution in [2.45, 2.75) is 66.2 Å². The monoisotopic (exact) mass is 319 g/mol. The molecule has 126 valence electrons. The van der Waals surface area contributed by atoms with E-state index in [1.165, 1.54) is 44.7 Å². The molecule has 0 atom stereocenters. The van der Waals surface area contributed by atoms with Crippen molar-refractivity contribution < 1.29 is 17.3 Å². The number of rotatable bonds is 10. The molecule has 0 spiro atoms. The van der Waals surface area contributed by atoms with Crippen molar-refractivity contribution in [3.8, 4) is 0 Å². The smallest absolute Gasteiger partial charge is 0.418 e. The standard InChI is InChI=1S/C14H33P.BF4/c1-5-9-12-15(8-4,13-10-6-2)14-11-7-3;2-1(3,4)5/h15H,5-14H2,1-4H3;/q;-1. The van der Waals surface area contributed by atoms with Gasteiger partial charge in [0.1, 0.15) is 0 Å². The van der Waals surface area contributed by atoms with E-state index in [1.54, 1.807) is 18.5 Å². The fraction of sp³-hybridized carbons (Fsp3) is 1.00. The molecule has 0 aliphatic carbocycles. The molecular formula is C14H33BF4P-. The summed E-state index contributed by atoms with van der Waals surface area (Å²) in [6.45, 7) is 9.49. The summed E-state index contributed by atoms with van der Waals surface area (Å²) in [7, 11) is -6.83. The molecule has 0 bridgehead atoms. The molecule has 0 radical (unpaired) electrons. The Morgan fingerprint density at radius 2 is 0.900 bits per heavy atom. The Balaban J connectivity index is 0. The fourth-order valence-electron chi connectivity index (χ4n) is 2.56. The van der Waals surface area contributed by atoms with Gasteiger partial charge in [-0.15, -0.1) is 0 Å². The van der Waals surface area contributed by atoms with E-state index in [4.69, 9.17) is 0 Å². The van der Waals surface area contributed by atoms with Gasteiger partial charge in [0.2, 0.25) is 0 Å². The molecule has 0 fully saturated rings. The summed E-state index contributed by atoms with van der Waals surface area (Å²) < 4.78 is 39.0. The molecule has 20 heavy (non-hydrogen) atoms. The van der Waals surface area contributed by atoms with Crippen LogP contribution in [0.15, 0.2) is 0 Å². The molecule has 0 amide bonds. The van der Waals surface area contributed by atoms with E-state index in [0.717, 1.165) is 0 Å². The second kappa shape index (κ2) is 12.9. The molecule has 0 aromatic heterocycles. The number of hydrogen-bond acceptors (Lipinski definition) is 0. The number of unbranched alkanes of at least 4 members (excludes halogenated alkanes) is 3. The van der Waals surface area contributed by atoms with Crippen LogP contribution in [0.1, 0.15) is 66.2 Å². The maximum absolute atomic E-state index is 9.75. The zero-order valence-electron chi connectivity index (χ0n) is 13.7. The molecule has 0 heterocycles. The first-order valence-electron chi connectivity index (χ1n) is 8.12. The van der Waals surface area contributed by atoms with Crippen molar-refractivity contribution in [3.05, 3.63) is 0 Å². The maximum atomic E-state index is 9.75. The Kier molecular flexibility index (Phi) is 14.5. The summed E-state index contributed by atoms with van der Waals surface area (Å²) in [5.41, 5.74) is 0. The molecular weight excluding hydrogens is 286 g/mol. The summed E-state index contributed by atoms with van der Waals surface area (Å²) in [6, 6.07) is 0. The normalized spacial score (nSPS) is 12.8. The molecule has 0 saturated carbocycles. The van der Waals surface area contributed by atoms with Crippen LogP contribution < -0.4 is 0 Å². The Morgan fingerprint density at radius 1 is 0.650 bits per heavy atom. The van der Waals surface area contributed by atoms with Crippen LogP contribution >= 0.6 is 7.26 Å². The zero-order valence-corrected chi connectivity index (χ0v) is 14.7. The van der Waals surface area contributed by atoms with Crippen LogP contribution in [0.25, 0.3) is 0 Å². The van der Waals surface area contributed by atoms with E-state index in [2.05, 4.69) is 27.7 Å². The van der Waals surface area contributed by atoms with Gasteiger partial charge in [-0.25, -0.2) is 0 Å². The van der Waals surface area contributed by atoms with Crippen molar-refractivity contribution in [2.24, 2.45) is 0 Å². The molecule has 0 unspecified atom stereocenters. The van der Waals surface area contributed by atoms with Crippen molar-refractivity contribution in [1.29, 1.82) is 0 Å². The average molecular weight is 319 g/mol. The number of hydrogen-bond donors (Lipinski definition) is 0. The predicted molar refractivity (Wildman–Crippen MR) is 88.4 cm³/mol. The minimum absolute atomic E-state index is 0.832. The summed E-state index contributed by atoms with van der Waals surface area (Å²) in [6.07, 6.45) is 15.0. The Morgan fingerprint density at radius 3 is 1.05 bits per heavy atom. The van der Waals surface area contributed by atoms with E-state index in [1.807, 2.05) is 0 Å². The van der Waals surface area contributed by atoms with E-state index >= 15 is 0 Å². The van der Waals surface area contributed by atoms with Gasteiger partial charge in [0.15, 0.2) is 0 Å². The Bertz CT molecular complexity index is 182. The van der Waals surface area contributed by atoms with Crippen LogP contribution in [0.4, 0.5) is 17.3 Å². The van der Waals surface area contributed by atoms with Gasteiger partial charge < -0.3 is 17.3 Å². The van der Waals surface area contributed by atoms with Crippen molar-refractivity contribution in [3.63, 3.8) is 0 Å². The predicted octanol–water partition coefficient (Wildman–Crippen LogP) is 6.46. The van der Waals surface area contributed by atoms with E-state index in [9.17, 15) is 17.3 Å². The van der Waals surface area contributed by atoms with E-state index < -0.39 is 14.5 Å². The van der Waals surface area contributed by atoms with E-state index in [0.29, 0.717) is 0 Å². The molecule has 0 aliphatic rings. The first-order valence-corrected chi connectivity index (χ1v) is 10.9. The van der Waals surface area contributed by atoms with Gasteiger partial charge in [-0.2, -0.15) is 0 Å². The van der Waals surface area contributed by atoms with Gasteiger partial charge in [-0.3, -0.25) is 0 Å². The van der Waals surface area contributed by atoms with Crippen LogP contribution in [0.3, 0.4) is 0 Å². The molecule has 0 aliphatic heterocycles. The van der Waals surface area contributed by atoms with Gasteiger partial charge in [0.05, 0.1) is 0 Å². The van der Waals surface area contributed by atoms with Crippen molar-refractivity contribution in [1.82, 2.24) is 0 Å². The van der Waals surface area contributed by atoms with Crippen LogP contribution in [0.2, 0.25) is 0 Å². The summed E-state index contributed by atoms with van der Waals surface area (Å²) in [4.78, 5) is 0. The summed E-state index contributed by atoms with van der Waals surface area (Å²) in [5, 5.41) is 0. The third-order valence-electron chi connectivity index (χ3n) is 3.93. The third-order valence-corrected chi connectivity index (χ3v) is 9.67. The van der Waals surface area contributed by atoms with Gasteiger partial charge >= 0.3 is 105 Å². The molecule has 0 N–H and O–H groups in total. The average Bonchev–Trinajstić information content (AvgIpc) is 2.37. The summed E-state index contributed by atoms with van der Waals surface area (Å²) in [5.74, 6) is 0. The molecule has 0 nitrogen and oxygen atoms in total. The molecule has 0 rings (SSSR count). The third kappa shape index (κ3) is 16.3. The second-order valence-corrected chi connectivity index (χ2v) is 10.9. The van der Waals surface area contributed by atoms with E-state index in [-0.39, 0.29) is 0 Å². The largest absolute Gasteiger partial charge is 0.673 e. The quantitative estimate of drug-likeness (QED) is 0.246. The maximum Gasteiger partial charge on any atom is 0.673 e. The van der Waals surface area contributed by atoms with Gasteiger partial charge in [0, 0.05) is 0 Å². The Labute approximate surface area is 123 Å². The second-order valence-electron chi connectivity index (χ2n) is 5.66. The van der Waals surface area contributed by atoms with Gasteiger partial charge in [-0.1, -0.05) is 0 Å². The fourth-order valence-corrected chi connectivity index (χ4v) is 7.68. The van der Waals surface area contributed by atoms with Crippen molar-refractivity contribution in [2.75, 3.05) is 24.6 Å². The minimum Gasteiger partial charge on any atom is -0.418 e. The topological polar surface area (TPSA) is 0 Å². The molecule has 6 heteroatoms. The van der Waals surface area contributed by atoms with Gasteiger partial charge in [-0.05, 0) is 0 Å². The van der Waals surface area contributed by atoms with Crippen LogP contribution in [0, 0.1) is 0 Å². The Hall–Kier alpha value is 0.215. The zero-order chi connectivity index (χ0) is 16.1. The molecule has 0 aromatic rings. The first-order chi connectivity index (χ1) is 9.24. The van der Waals surface area contributed by atoms with Crippen LogP contribution in [0.5, 0.6) is 0 Å². The minimum atomic E-state index is -6.00. The van der Waals surface area contributed by atoms with Crippen LogP contribution in [-0.4, -0.2) is 31.9 Å². The number of halogens is 4. The summed E-state index contributed by atoms with van der Waals surface area (Å²) >= 11 is 0. The van der Waals surface area contributed by atoms with Crippen molar-refractivity contribution >= 4 is 14.5 Å². The first kappa shape index (κ1) is 22.5. The van der Waals surface area contributed by atoms with Gasteiger partial charge in [0.25, 0.3) is 0 Å². The SMILES string of the molecule is CCCC[PH](CC)(CCCC)CCCC.F[B-](F)(F)F. The molecule has 0 aromatic carbocycles. The van der Waals surface area contributed by atoms with Crippen LogP contribution in [-0.2, 0) is 0 Å². The molecule has 0 saturated heterocycles.